The maximum Gasteiger partial charge on any atom is 0.172 e. The van der Waals surface area contributed by atoms with Gasteiger partial charge in [0.1, 0.15) is 0 Å². The molecule has 0 bridgehead atoms. The third-order valence-electron chi connectivity index (χ3n) is 2.05. The Balaban J connectivity index is 2.80. The average Bonchev–Trinajstić information content (AvgIpc) is 2.51. The molecule has 0 fully saturated rings. The van der Waals surface area contributed by atoms with Crippen molar-refractivity contribution in [3.8, 4) is 6.07 Å². The Morgan fingerprint density at radius 2 is 2.50 bits per heavy atom. The topological polar surface area (TPSA) is 71.1 Å². The van der Waals surface area contributed by atoms with Gasteiger partial charge in [0.25, 0.3) is 0 Å². The fourth-order valence-corrected chi connectivity index (χ4v) is 1.14. The van der Waals surface area contributed by atoms with Crippen molar-refractivity contribution >= 4 is 0 Å². The minimum absolute atomic E-state index is 0.0858. The van der Waals surface area contributed by atoms with Gasteiger partial charge in [-0.2, -0.15) is 10.4 Å². The van der Waals surface area contributed by atoms with Crippen molar-refractivity contribution in [3.63, 3.8) is 0 Å². The van der Waals surface area contributed by atoms with Crippen molar-refractivity contribution in [1.29, 1.82) is 5.26 Å². The quantitative estimate of drug-likeness (QED) is 0.750. The summed E-state index contributed by atoms with van der Waals surface area (Å²) in [5.74, 6) is 0. The van der Waals surface area contributed by atoms with Crippen molar-refractivity contribution in [1.82, 2.24) is 9.78 Å². The van der Waals surface area contributed by atoms with Gasteiger partial charge in [-0.1, -0.05) is 0 Å². The van der Waals surface area contributed by atoms with E-state index in [4.69, 9.17) is 15.1 Å². The van der Waals surface area contributed by atoms with Crippen molar-refractivity contribution < 1.29 is 9.84 Å². The zero-order chi connectivity index (χ0) is 10.6. The van der Waals surface area contributed by atoms with Crippen LogP contribution < -0.4 is 0 Å². The first-order valence-electron chi connectivity index (χ1n) is 4.31. The van der Waals surface area contributed by atoms with Crippen molar-refractivity contribution in [2.75, 3.05) is 13.2 Å². The molecule has 0 saturated carbocycles. The minimum Gasteiger partial charge on any atom is -0.394 e. The second kappa shape index (κ2) is 4.74. The molecule has 1 aromatic heterocycles. The summed E-state index contributed by atoms with van der Waals surface area (Å²) in [5, 5.41) is 21.4. The highest BCUT2D eigenvalue weighted by Crippen LogP contribution is 2.19. The van der Waals surface area contributed by atoms with Gasteiger partial charge in [0, 0.05) is 18.3 Å². The van der Waals surface area contributed by atoms with Crippen LogP contribution in [0.15, 0.2) is 6.20 Å². The van der Waals surface area contributed by atoms with Crippen LogP contribution in [0.1, 0.15) is 17.4 Å². The molecule has 14 heavy (non-hydrogen) atoms. The lowest BCUT2D eigenvalue weighted by molar-refractivity contribution is 0.0578. The first-order valence-corrected chi connectivity index (χ1v) is 4.31. The van der Waals surface area contributed by atoms with E-state index in [9.17, 15) is 0 Å². The number of aliphatic hydroxyl groups is 1. The van der Waals surface area contributed by atoms with E-state index >= 15 is 0 Å². The SMILES string of the molecule is Cc1c(C(C#N)OCCO)cnn1C. The maximum atomic E-state index is 8.85. The summed E-state index contributed by atoms with van der Waals surface area (Å²) in [6.45, 7) is 1.94. The molecule has 0 spiro atoms. The molecule has 1 N–H and O–H groups in total. The second-order valence-electron chi connectivity index (χ2n) is 2.91. The summed E-state index contributed by atoms with van der Waals surface area (Å²) < 4.78 is 6.84. The van der Waals surface area contributed by atoms with Crippen LogP contribution in [0.25, 0.3) is 0 Å². The van der Waals surface area contributed by atoms with E-state index in [1.54, 1.807) is 17.9 Å². The summed E-state index contributed by atoms with van der Waals surface area (Å²) >= 11 is 0. The molecule has 1 unspecified atom stereocenters. The van der Waals surface area contributed by atoms with E-state index in [1.165, 1.54) is 0 Å². The number of ether oxygens (including phenoxy) is 1. The van der Waals surface area contributed by atoms with Gasteiger partial charge < -0.3 is 9.84 Å². The molecule has 1 heterocycles. The first kappa shape index (κ1) is 10.7. The molecule has 0 aliphatic heterocycles. The first-order chi connectivity index (χ1) is 6.70. The molecule has 0 aromatic carbocycles. The molecular weight excluding hydrogens is 182 g/mol. The third kappa shape index (κ3) is 2.10. The smallest absolute Gasteiger partial charge is 0.172 e. The summed E-state index contributed by atoms with van der Waals surface area (Å²) in [7, 11) is 1.80. The van der Waals surface area contributed by atoms with E-state index in [1.807, 2.05) is 13.0 Å². The van der Waals surface area contributed by atoms with Gasteiger partial charge >= 0.3 is 0 Å². The van der Waals surface area contributed by atoms with Gasteiger partial charge in [-0.15, -0.1) is 0 Å². The lowest BCUT2D eigenvalue weighted by atomic mass is 10.1. The van der Waals surface area contributed by atoms with Crippen LogP contribution in [-0.4, -0.2) is 28.1 Å². The highest BCUT2D eigenvalue weighted by Gasteiger charge is 2.16. The van der Waals surface area contributed by atoms with Crippen LogP contribution >= 0.6 is 0 Å². The highest BCUT2D eigenvalue weighted by atomic mass is 16.5. The van der Waals surface area contributed by atoms with Crippen molar-refractivity contribution in [2.24, 2.45) is 7.05 Å². The Labute approximate surface area is 82.5 Å². The molecule has 1 aromatic rings. The summed E-state index contributed by atoms with van der Waals surface area (Å²) in [6, 6.07) is 2.02. The second-order valence-corrected chi connectivity index (χ2v) is 2.91. The summed E-state index contributed by atoms with van der Waals surface area (Å²) in [5.41, 5.74) is 1.65. The van der Waals surface area contributed by atoms with Crippen molar-refractivity contribution in [2.45, 2.75) is 13.0 Å². The lowest BCUT2D eigenvalue weighted by Gasteiger charge is -2.08. The highest BCUT2D eigenvalue weighted by molar-refractivity contribution is 5.23. The van der Waals surface area contributed by atoms with Gasteiger partial charge in [0.15, 0.2) is 6.10 Å². The van der Waals surface area contributed by atoms with E-state index < -0.39 is 6.10 Å². The Bertz CT molecular complexity index is 340. The molecule has 0 aliphatic carbocycles. The van der Waals surface area contributed by atoms with Crippen molar-refractivity contribution in [3.05, 3.63) is 17.5 Å². The molecule has 0 amide bonds. The number of aromatic nitrogens is 2. The van der Waals surface area contributed by atoms with Crippen LogP contribution in [0.2, 0.25) is 0 Å². The van der Waals surface area contributed by atoms with Gasteiger partial charge in [0.05, 0.1) is 25.5 Å². The Kier molecular flexibility index (Phi) is 3.63. The van der Waals surface area contributed by atoms with Crippen LogP contribution in [0.3, 0.4) is 0 Å². The lowest BCUT2D eigenvalue weighted by Crippen LogP contribution is -2.07. The molecule has 0 aliphatic rings. The van der Waals surface area contributed by atoms with Crippen LogP contribution in [0, 0.1) is 18.3 Å². The van der Waals surface area contributed by atoms with E-state index in [-0.39, 0.29) is 13.2 Å². The van der Waals surface area contributed by atoms with Crippen LogP contribution in [0.4, 0.5) is 0 Å². The number of aliphatic hydroxyl groups excluding tert-OH is 1. The van der Waals surface area contributed by atoms with Gasteiger partial charge in [-0.25, -0.2) is 0 Å². The Hall–Kier alpha value is -1.38. The number of hydrogen-bond donors (Lipinski definition) is 1. The molecule has 0 saturated heterocycles. The molecule has 5 nitrogen and oxygen atoms in total. The number of nitrogens with zero attached hydrogens (tertiary/aromatic N) is 3. The third-order valence-corrected chi connectivity index (χ3v) is 2.05. The van der Waals surface area contributed by atoms with E-state index in [0.29, 0.717) is 0 Å². The van der Waals surface area contributed by atoms with Crippen LogP contribution in [0.5, 0.6) is 0 Å². The fraction of sp³-hybridized carbons (Fsp3) is 0.556. The number of nitriles is 1. The van der Waals surface area contributed by atoms with Crippen LogP contribution in [-0.2, 0) is 11.8 Å². The summed E-state index contributed by atoms with van der Waals surface area (Å²) in [4.78, 5) is 0. The molecule has 76 valence electrons. The zero-order valence-corrected chi connectivity index (χ0v) is 8.27. The largest absolute Gasteiger partial charge is 0.394 e. The predicted octanol–water partition coefficient (Wildman–Crippen LogP) is 0.302. The molecular formula is C9H13N3O2. The van der Waals surface area contributed by atoms with E-state index in [2.05, 4.69) is 5.10 Å². The Morgan fingerprint density at radius 3 is 2.93 bits per heavy atom. The molecule has 5 heteroatoms. The number of aryl methyl sites for hydroxylation is 1. The summed E-state index contributed by atoms with van der Waals surface area (Å²) in [6.07, 6.45) is 0.969. The predicted molar refractivity (Wildman–Crippen MR) is 49.3 cm³/mol. The van der Waals surface area contributed by atoms with E-state index in [0.717, 1.165) is 11.3 Å². The Morgan fingerprint density at radius 1 is 1.79 bits per heavy atom. The van der Waals surface area contributed by atoms with Gasteiger partial charge in [-0.05, 0) is 6.92 Å². The molecule has 1 atom stereocenters. The zero-order valence-electron chi connectivity index (χ0n) is 8.27. The van der Waals surface area contributed by atoms with Gasteiger partial charge in [-0.3, -0.25) is 4.68 Å². The maximum absolute atomic E-state index is 8.85. The number of rotatable bonds is 4. The monoisotopic (exact) mass is 195 g/mol. The average molecular weight is 195 g/mol. The normalized spacial score (nSPS) is 12.4. The standard InChI is InChI=1S/C9H13N3O2/c1-7-8(6-11-12(7)2)9(5-10)14-4-3-13/h6,9,13H,3-4H2,1-2H3. The molecule has 0 radical (unpaired) electrons. The minimum atomic E-state index is -0.643. The number of hydrogen-bond acceptors (Lipinski definition) is 4. The van der Waals surface area contributed by atoms with Gasteiger partial charge in [0.2, 0.25) is 0 Å². The fourth-order valence-electron chi connectivity index (χ4n) is 1.14. The molecule has 1 rings (SSSR count).